The summed E-state index contributed by atoms with van der Waals surface area (Å²) in [6, 6.07) is 53.1. The van der Waals surface area contributed by atoms with Gasteiger partial charge >= 0.3 is 0 Å². The topological polar surface area (TPSA) is 39.2 Å². The van der Waals surface area contributed by atoms with Crippen molar-refractivity contribution in [2.75, 3.05) is 0 Å². The van der Waals surface area contributed by atoms with E-state index in [2.05, 4.69) is 164 Å². The molecule has 3 heteroatoms. The smallest absolute Gasteiger partial charge is 0.147 e. The van der Waals surface area contributed by atoms with Gasteiger partial charge in [-0.3, -0.25) is 4.98 Å². The number of rotatable bonds is 6. The van der Waals surface area contributed by atoms with Gasteiger partial charge in [0.15, 0.2) is 0 Å². The highest BCUT2D eigenvalue weighted by atomic mass is 16.3. The molecule has 10 aromatic rings. The van der Waals surface area contributed by atoms with Crippen molar-refractivity contribution in [3.8, 4) is 33.4 Å². The van der Waals surface area contributed by atoms with Gasteiger partial charge in [0.05, 0.1) is 11.1 Å². The van der Waals surface area contributed by atoms with E-state index in [1.54, 1.807) is 0 Å². The van der Waals surface area contributed by atoms with Crippen LogP contribution in [0.25, 0.3) is 99.8 Å². The third kappa shape index (κ3) is 5.25. The molecular formula is C50H33NO2. The maximum atomic E-state index is 6.74. The third-order valence-electron chi connectivity index (χ3n) is 10.5. The Morgan fingerprint density at radius 2 is 1.13 bits per heavy atom. The number of aryl methyl sites for hydroxylation is 1. The van der Waals surface area contributed by atoms with Gasteiger partial charge in [-0.25, -0.2) is 0 Å². The Kier molecular flexibility index (Phi) is 7.19. The fraction of sp³-hybridized carbons (Fsp3) is 0.0200. The molecule has 53 heavy (non-hydrogen) atoms. The average molecular weight is 680 g/mol. The Hall–Kier alpha value is -6.97. The van der Waals surface area contributed by atoms with Crippen molar-refractivity contribution in [1.29, 1.82) is 0 Å². The van der Waals surface area contributed by atoms with Crippen LogP contribution in [0.3, 0.4) is 0 Å². The number of fused-ring (bicyclic) bond motifs is 7. The van der Waals surface area contributed by atoms with E-state index < -0.39 is 0 Å². The molecule has 0 atom stereocenters. The zero-order valence-electron chi connectivity index (χ0n) is 29.1. The second-order valence-electron chi connectivity index (χ2n) is 13.7. The SMILES string of the molecule is C=C(/C=C\c1ccc2cccnc2c1C)c1ccc(-c2c3oc4ccc(-c5ccccc5)cc4c3cc3c2oc2ccc(-c4ccccc4)cc23)cc1. The molecule has 0 unspecified atom stereocenters. The lowest BCUT2D eigenvalue weighted by Crippen LogP contribution is -1.87. The number of hydrogen-bond acceptors (Lipinski definition) is 3. The minimum absolute atomic E-state index is 0.812. The van der Waals surface area contributed by atoms with E-state index in [4.69, 9.17) is 8.83 Å². The zero-order valence-corrected chi connectivity index (χ0v) is 29.1. The lowest BCUT2D eigenvalue weighted by molar-refractivity contribution is 0.658. The van der Waals surface area contributed by atoms with E-state index >= 15 is 0 Å². The van der Waals surface area contributed by atoms with Gasteiger partial charge < -0.3 is 8.83 Å². The minimum atomic E-state index is 0.812. The minimum Gasteiger partial charge on any atom is -0.455 e. The van der Waals surface area contributed by atoms with Gasteiger partial charge in [-0.1, -0.05) is 134 Å². The van der Waals surface area contributed by atoms with Gasteiger partial charge in [0.1, 0.15) is 22.3 Å². The molecule has 0 spiro atoms. The summed E-state index contributed by atoms with van der Waals surface area (Å²) in [6.45, 7) is 6.54. The standard InChI is InChI=1S/C50H33NO2/c1-31(15-16-34-19-22-38-14-9-27-51-48(38)32(34)2)33-17-20-37(21-18-33)47-49-43(41-28-39(23-25-45(41)52-49)35-10-5-3-6-11-35)30-44-42-29-40(36-12-7-4-8-13-36)24-26-46(42)53-50(44)47/h3-30H,1H2,2H3/b16-15-. The summed E-state index contributed by atoms with van der Waals surface area (Å²) in [5.74, 6) is 0. The maximum Gasteiger partial charge on any atom is 0.147 e. The third-order valence-corrected chi connectivity index (χ3v) is 10.5. The van der Waals surface area contributed by atoms with Crippen LogP contribution in [0.4, 0.5) is 0 Å². The number of allylic oxidation sites excluding steroid dienone is 2. The fourth-order valence-electron chi connectivity index (χ4n) is 7.65. The van der Waals surface area contributed by atoms with Gasteiger partial charge in [-0.05, 0) is 93.4 Å². The van der Waals surface area contributed by atoms with E-state index in [-0.39, 0.29) is 0 Å². The summed E-state index contributed by atoms with van der Waals surface area (Å²) in [6.07, 6.45) is 6.05. The summed E-state index contributed by atoms with van der Waals surface area (Å²) in [5, 5.41) is 5.41. The van der Waals surface area contributed by atoms with E-state index in [1.807, 2.05) is 24.4 Å². The zero-order chi connectivity index (χ0) is 35.5. The van der Waals surface area contributed by atoms with E-state index in [9.17, 15) is 0 Å². The highest BCUT2D eigenvalue weighted by Crippen LogP contribution is 2.45. The van der Waals surface area contributed by atoms with Gasteiger partial charge in [0.2, 0.25) is 0 Å². The van der Waals surface area contributed by atoms with E-state index in [1.165, 1.54) is 11.1 Å². The first kappa shape index (κ1) is 30.8. The Morgan fingerprint density at radius 3 is 1.74 bits per heavy atom. The number of furan rings is 2. The van der Waals surface area contributed by atoms with Gasteiger partial charge in [-0.2, -0.15) is 0 Å². The Labute approximate surface area is 306 Å². The Morgan fingerprint density at radius 1 is 0.547 bits per heavy atom. The van der Waals surface area contributed by atoms with Crippen LogP contribution in [0.2, 0.25) is 0 Å². The lowest BCUT2D eigenvalue weighted by atomic mass is 9.95. The van der Waals surface area contributed by atoms with Crippen molar-refractivity contribution in [2.45, 2.75) is 6.92 Å². The number of aromatic nitrogens is 1. The fourth-order valence-corrected chi connectivity index (χ4v) is 7.65. The van der Waals surface area contributed by atoms with Crippen LogP contribution in [0, 0.1) is 6.92 Å². The highest BCUT2D eigenvalue weighted by Gasteiger charge is 2.22. The van der Waals surface area contributed by atoms with Crippen molar-refractivity contribution in [2.24, 2.45) is 0 Å². The Bertz CT molecular complexity index is 2920. The van der Waals surface area contributed by atoms with Crippen LogP contribution in [0.15, 0.2) is 179 Å². The summed E-state index contributed by atoms with van der Waals surface area (Å²) < 4.78 is 13.5. The molecule has 10 rings (SSSR count). The molecule has 0 radical (unpaired) electrons. The molecule has 0 saturated carbocycles. The molecule has 0 fully saturated rings. The van der Waals surface area contributed by atoms with Crippen LogP contribution in [0.5, 0.6) is 0 Å². The van der Waals surface area contributed by atoms with Crippen LogP contribution in [0.1, 0.15) is 16.7 Å². The maximum absolute atomic E-state index is 6.74. The van der Waals surface area contributed by atoms with Gasteiger partial charge in [-0.15, -0.1) is 0 Å². The van der Waals surface area contributed by atoms with Crippen LogP contribution in [-0.4, -0.2) is 4.98 Å². The molecule has 0 amide bonds. The van der Waals surface area contributed by atoms with Crippen molar-refractivity contribution >= 4 is 66.4 Å². The molecular weight excluding hydrogens is 647 g/mol. The first-order chi connectivity index (χ1) is 26.1. The Balaban J connectivity index is 1.12. The summed E-state index contributed by atoms with van der Waals surface area (Å²) >= 11 is 0. The van der Waals surface area contributed by atoms with E-state index in [0.717, 1.165) is 99.3 Å². The molecule has 0 aliphatic rings. The summed E-state index contributed by atoms with van der Waals surface area (Å²) in [4.78, 5) is 4.60. The highest BCUT2D eigenvalue weighted by molar-refractivity contribution is 6.22. The average Bonchev–Trinajstić information content (AvgIpc) is 3.77. The van der Waals surface area contributed by atoms with Crippen molar-refractivity contribution in [1.82, 2.24) is 4.98 Å². The monoisotopic (exact) mass is 679 g/mol. The molecule has 0 bridgehead atoms. The van der Waals surface area contributed by atoms with Gasteiger partial charge in [0, 0.05) is 33.1 Å². The summed E-state index contributed by atoms with van der Waals surface area (Å²) in [5.41, 5.74) is 15.2. The molecule has 3 nitrogen and oxygen atoms in total. The normalized spacial score (nSPS) is 11.9. The first-order valence-corrected chi connectivity index (χ1v) is 17.9. The number of hydrogen-bond donors (Lipinski definition) is 0. The van der Waals surface area contributed by atoms with Crippen molar-refractivity contribution in [3.63, 3.8) is 0 Å². The van der Waals surface area contributed by atoms with Crippen LogP contribution >= 0.6 is 0 Å². The second kappa shape index (κ2) is 12.4. The van der Waals surface area contributed by atoms with Crippen molar-refractivity contribution < 1.29 is 8.83 Å². The molecule has 7 aromatic carbocycles. The molecule has 250 valence electrons. The van der Waals surface area contributed by atoms with Crippen LogP contribution < -0.4 is 0 Å². The molecule has 3 aromatic heterocycles. The predicted molar refractivity (Wildman–Crippen MR) is 222 cm³/mol. The molecule has 0 saturated heterocycles. The number of nitrogens with zero attached hydrogens (tertiary/aromatic N) is 1. The number of benzene rings is 7. The molecule has 0 aliphatic heterocycles. The molecule has 0 aliphatic carbocycles. The first-order valence-electron chi connectivity index (χ1n) is 17.9. The number of pyridine rings is 1. The van der Waals surface area contributed by atoms with Crippen molar-refractivity contribution in [3.05, 3.63) is 187 Å². The van der Waals surface area contributed by atoms with E-state index in [0.29, 0.717) is 0 Å². The molecule has 3 heterocycles. The predicted octanol–water partition coefficient (Wildman–Crippen LogP) is 14.1. The molecule has 0 N–H and O–H groups in total. The largest absolute Gasteiger partial charge is 0.455 e. The summed E-state index contributed by atoms with van der Waals surface area (Å²) in [7, 11) is 0. The quantitative estimate of drug-likeness (QED) is 0.164. The second-order valence-corrected chi connectivity index (χ2v) is 13.7. The van der Waals surface area contributed by atoms with Gasteiger partial charge in [0.25, 0.3) is 0 Å². The lowest BCUT2D eigenvalue weighted by Gasteiger charge is -2.08. The van der Waals surface area contributed by atoms with Crippen LogP contribution in [-0.2, 0) is 0 Å².